The van der Waals surface area contributed by atoms with E-state index in [9.17, 15) is 14.9 Å². The number of hydrogen-bond donors (Lipinski definition) is 4. The van der Waals surface area contributed by atoms with Crippen molar-refractivity contribution in [1.29, 1.82) is 5.26 Å². The van der Waals surface area contributed by atoms with Crippen LogP contribution in [0.15, 0.2) is 60.9 Å². The number of anilines is 4. The first-order valence-corrected chi connectivity index (χ1v) is 10.2. The van der Waals surface area contributed by atoms with Gasteiger partial charge in [-0.05, 0) is 43.3 Å². The SMILES string of the molecule is CC(=O)Nc1ccccc1Oc1ccc(Nc2c(C#N)cnn3cc(NC(=O)O)c(C)c23)cc1. The number of ether oxygens (including phenoxy) is 1. The quantitative estimate of drug-likeness (QED) is 0.316. The van der Waals surface area contributed by atoms with Crippen LogP contribution in [0.2, 0.25) is 0 Å². The molecule has 2 amide bonds. The molecule has 2 aromatic heterocycles. The van der Waals surface area contributed by atoms with Gasteiger partial charge in [0.05, 0.1) is 40.5 Å². The van der Waals surface area contributed by atoms with Crippen LogP contribution in [0, 0.1) is 18.3 Å². The Morgan fingerprint density at radius 2 is 1.82 bits per heavy atom. The number of rotatable bonds is 6. The number of carbonyl (C=O) groups excluding carboxylic acids is 1. The van der Waals surface area contributed by atoms with Gasteiger partial charge in [-0.15, -0.1) is 0 Å². The maximum Gasteiger partial charge on any atom is 0.409 e. The van der Waals surface area contributed by atoms with Crippen molar-refractivity contribution >= 4 is 40.3 Å². The van der Waals surface area contributed by atoms with E-state index >= 15 is 0 Å². The third-order valence-electron chi connectivity index (χ3n) is 4.97. The molecule has 0 aliphatic heterocycles. The lowest BCUT2D eigenvalue weighted by molar-refractivity contribution is -0.114. The summed E-state index contributed by atoms with van der Waals surface area (Å²) in [5.74, 6) is 0.855. The predicted molar refractivity (Wildman–Crippen MR) is 127 cm³/mol. The van der Waals surface area contributed by atoms with E-state index in [4.69, 9.17) is 9.84 Å². The summed E-state index contributed by atoms with van der Waals surface area (Å²) in [5, 5.41) is 31.2. The molecule has 0 saturated heterocycles. The Hall–Kier alpha value is -5.04. The molecular weight excluding hydrogens is 436 g/mol. The maximum absolute atomic E-state index is 11.4. The van der Waals surface area contributed by atoms with Crippen molar-refractivity contribution in [1.82, 2.24) is 9.61 Å². The number of fused-ring (bicyclic) bond motifs is 1. The largest absolute Gasteiger partial charge is 0.465 e. The van der Waals surface area contributed by atoms with E-state index in [1.54, 1.807) is 55.6 Å². The highest BCUT2D eigenvalue weighted by molar-refractivity contribution is 5.92. The molecule has 0 saturated carbocycles. The molecule has 2 heterocycles. The van der Waals surface area contributed by atoms with Crippen molar-refractivity contribution in [2.45, 2.75) is 13.8 Å². The monoisotopic (exact) mass is 456 g/mol. The fraction of sp³-hybridized carbons (Fsp3) is 0.0833. The molecule has 0 fully saturated rings. The van der Waals surface area contributed by atoms with Crippen LogP contribution in [0.25, 0.3) is 5.52 Å². The number of nitrogens with one attached hydrogen (secondary N) is 3. The van der Waals surface area contributed by atoms with Crippen LogP contribution >= 0.6 is 0 Å². The summed E-state index contributed by atoms with van der Waals surface area (Å²) in [4.78, 5) is 22.5. The molecule has 4 aromatic rings. The first kappa shape index (κ1) is 22.2. The van der Waals surface area contributed by atoms with Crippen LogP contribution in [-0.2, 0) is 4.79 Å². The minimum absolute atomic E-state index is 0.199. The van der Waals surface area contributed by atoms with Crippen molar-refractivity contribution in [2.24, 2.45) is 0 Å². The first-order valence-electron chi connectivity index (χ1n) is 10.2. The highest BCUT2D eigenvalue weighted by Crippen LogP contribution is 2.34. The minimum Gasteiger partial charge on any atom is -0.465 e. The summed E-state index contributed by atoms with van der Waals surface area (Å²) in [6.07, 6.45) is 1.77. The molecule has 170 valence electrons. The molecule has 10 heteroatoms. The zero-order valence-electron chi connectivity index (χ0n) is 18.3. The second kappa shape index (κ2) is 9.22. The summed E-state index contributed by atoms with van der Waals surface area (Å²) in [6, 6.07) is 16.3. The van der Waals surface area contributed by atoms with Gasteiger partial charge in [0.15, 0.2) is 5.75 Å². The normalized spacial score (nSPS) is 10.4. The molecule has 0 aliphatic rings. The Kier molecular flexibility index (Phi) is 6.01. The van der Waals surface area contributed by atoms with Crippen LogP contribution in [0.3, 0.4) is 0 Å². The van der Waals surface area contributed by atoms with E-state index in [0.717, 1.165) is 0 Å². The summed E-state index contributed by atoms with van der Waals surface area (Å²) < 4.78 is 7.43. The molecule has 34 heavy (non-hydrogen) atoms. The third-order valence-corrected chi connectivity index (χ3v) is 4.97. The first-order chi connectivity index (χ1) is 16.4. The second-order valence-corrected chi connectivity index (χ2v) is 7.36. The van der Waals surface area contributed by atoms with Gasteiger partial charge in [0.2, 0.25) is 5.91 Å². The molecule has 0 spiro atoms. The Bertz CT molecular complexity index is 1440. The molecule has 0 unspecified atom stereocenters. The lowest BCUT2D eigenvalue weighted by Crippen LogP contribution is -2.07. The summed E-state index contributed by atoms with van der Waals surface area (Å²) in [6.45, 7) is 3.17. The topological polar surface area (TPSA) is 141 Å². The Labute approximate surface area is 194 Å². The number of hydrogen-bond acceptors (Lipinski definition) is 6. The molecule has 10 nitrogen and oxygen atoms in total. The van der Waals surface area contributed by atoms with E-state index in [0.29, 0.717) is 50.9 Å². The van der Waals surface area contributed by atoms with E-state index in [2.05, 4.69) is 27.1 Å². The van der Waals surface area contributed by atoms with E-state index in [-0.39, 0.29) is 5.91 Å². The van der Waals surface area contributed by atoms with Crippen molar-refractivity contribution in [3.05, 3.63) is 72.1 Å². The molecule has 0 bridgehead atoms. The molecule has 0 aliphatic carbocycles. The fourth-order valence-electron chi connectivity index (χ4n) is 3.47. The highest BCUT2D eigenvalue weighted by atomic mass is 16.5. The lowest BCUT2D eigenvalue weighted by atomic mass is 10.1. The zero-order chi connectivity index (χ0) is 24.2. The van der Waals surface area contributed by atoms with Gasteiger partial charge in [0.1, 0.15) is 11.8 Å². The molecular formula is C24H20N6O4. The molecule has 0 radical (unpaired) electrons. The van der Waals surface area contributed by atoms with E-state index in [1.807, 2.05) is 6.07 Å². The number of benzene rings is 2. The van der Waals surface area contributed by atoms with Gasteiger partial charge in [-0.2, -0.15) is 10.4 Å². The van der Waals surface area contributed by atoms with Crippen molar-refractivity contribution < 1.29 is 19.4 Å². The van der Waals surface area contributed by atoms with Crippen molar-refractivity contribution in [3.8, 4) is 17.6 Å². The van der Waals surface area contributed by atoms with Gasteiger partial charge in [0, 0.05) is 18.2 Å². The van der Waals surface area contributed by atoms with Gasteiger partial charge in [0.25, 0.3) is 0 Å². The number of carboxylic acid groups (broad SMARTS) is 1. The predicted octanol–water partition coefficient (Wildman–Crippen LogP) is 5.10. The van der Waals surface area contributed by atoms with E-state index in [1.165, 1.54) is 17.6 Å². The molecule has 4 rings (SSSR count). The molecule has 2 aromatic carbocycles. The van der Waals surface area contributed by atoms with Gasteiger partial charge in [-0.1, -0.05) is 12.1 Å². The van der Waals surface area contributed by atoms with Gasteiger partial charge < -0.3 is 20.5 Å². The highest BCUT2D eigenvalue weighted by Gasteiger charge is 2.17. The Morgan fingerprint density at radius 1 is 1.09 bits per heavy atom. The van der Waals surface area contributed by atoms with E-state index < -0.39 is 6.09 Å². The van der Waals surface area contributed by atoms with Crippen LogP contribution < -0.4 is 20.7 Å². The summed E-state index contributed by atoms with van der Waals surface area (Å²) in [7, 11) is 0. The average molecular weight is 456 g/mol. The van der Waals surface area contributed by atoms with Crippen LogP contribution in [-0.4, -0.2) is 26.7 Å². The smallest absolute Gasteiger partial charge is 0.409 e. The number of nitrogens with zero attached hydrogens (tertiary/aromatic N) is 3. The Balaban J connectivity index is 1.62. The summed E-state index contributed by atoms with van der Waals surface area (Å²) >= 11 is 0. The van der Waals surface area contributed by atoms with Gasteiger partial charge in [-0.3, -0.25) is 10.1 Å². The number of carbonyl (C=O) groups is 2. The molecule has 4 N–H and O–H groups in total. The lowest BCUT2D eigenvalue weighted by Gasteiger charge is -2.13. The van der Waals surface area contributed by atoms with Crippen molar-refractivity contribution in [2.75, 3.05) is 16.0 Å². The number of amides is 2. The standard InChI is InChI=1S/C24H20N6O4/c1-14-20(29-24(32)33)13-30-23(14)22(16(11-25)12-26-30)28-17-7-9-18(10-8-17)34-21-6-4-3-5-19(21)27-15(2)31/h3-10,12-13,28-29H,1-2H3,(H,27,31)(H,32,33). The number of aromatic nitrogens is 2. The maximum atomic E-state index is 11.4. The second-order valence-electron chi connectivity index (χ2n) is 7.36. The third kappa shape index (κ3) is 4.58. The fourth-order valence-corrected chi connectivity index (χ4v) is 3.47. The van der Waals surface area contributed by atoms with Crippen LogP contribution in [0.1, 0.15) is 18.1 Å². The minimum atomic E-state index is -1.19. The number of para-hydroxylation sites is 2. The Morgan fingerprint density at radius 3 is 2.50 bits per heavy atom. The van der Waals surface area contributed by atoms with Crippen molar-refractivity contribution in [3.63, 3.8) is 0 Å². The van der Waals surface area contributed by atoms with Gasteiger partial charge >= 0.3 is 6.09 Å². The number of nitriles is 1. The average Bonchev–Trinajstić information content (AvgIpc) is 3.11. The molecule has 0 atom stereocenters. The summed E-state index contributed by atoms with van der Waals surface area (Å²) in [5.41, 5.74) is 3.62. The van der Waals surface area contributed by atoms with Crippen LogP contribution in [0.5, 0.6) is 11.5 Å². The van der Waals surface area contributed by atoms with Crippen LogP contribution in [0.4, 0.5) is 27.5 Å². The number of aryl methyl sites for hydroxylation is 1. The zero-order valence-corrected chi connectivity index (χ0v) is 18.3. The van der Waals surface area contributed by atoms with Gasteiger partial charge in [-0.25, -0.2) is 9.31 Å².